The Hall–Kier alpha value is -2.14. The zero-order chi connectivity index (χ0) is 17.1. The first-order valence-electron chi connectivity index (χ1n) is 9.18. The highest BCUT2D eigenvalue weighted by atomic mass is 16.3. The van der Waals surface area contributed by atoms with Gasteiger partial charge < -0.3 is 9.32 Å². The molecule has 0 saturated carbocycles. The van der Waals surface area contributed by atoms with Gasteiger partial charge in [-0.1, -0.05) is 30.3 Å². The van der Waals surface area contributed by atoms with Crippen LogP contribution in [-0.2, 0) is 6.54 Å². The Balaban J connectivity index is 1.29. The van der Waals surface area contributed by atoms with Gasteiger partial charge >= 0.3 is 0 Å². The molecule has 5 nitrogen and oxygen atoms in total. The highest BCUT2D eigenvalue weighted by molar-refractivity contribution is 5.91. The normalized spacial score (nSPS) is 20.7. The van der Waals surface area contributed by atoms with Gasteiger partial charge in [0, 0.05) is 19.6 Å². The Morgan fingerprint density at radius 1 is 1.04 bits per heavy atom. The zero-order valence-electron chi connectivity index (χ0n) is 14.6. The van der Waals surface area contributed by atoms with Crippen LogP contribution in [0.4, 0.5) is 0 Å². The Morgan fingerprint density at radius 3 is 2.36 bits per heavy atom. The molecule has 0 unspecified atom stereocenters. The minimum Gasteiger partial charge on any atom is -0.451 e. The van der Waals surface area contributed by atoms with Crippen LogP contribution in [0, 0.1) is 5.41 Å². The van der Waals surface area contributed by atoms with E-state index in [-0.39, 0.29) is 5.91 Å². The maximum absolute atomic E-state index is 12.4. The first-order valence-corrected chi connectivity index (χ1v) is 9.18. The fourth-order valence-corrected chi connectivity index (χ4v) is 4.19. The van der Waals surface area contributed by atoms with Gasteiger partial charge in [0.1, 0.15) is 6.26 Å². The van der Waals surface area contributed by atoms with Gasteiger partial charge in [-0.15, -0.1) is 0 Å². The minimum absolute atomic E-state index is 0.00473. The topological polar surface area (TPSA) is 49.6 Å². The molecule has 0 atom stereocenters. The number of benzene rings is 1. The van der Waals surface area contributed by atoms with Gasteiger partial charge in [0.25, 0.3) is 5.91 Å². The fourth-order valence-electron chi connectivity index (χ4n) is 4.19. The van der Waals surface area contributed by atoms with Crippen molar-refractivity contribution in [1.29, 1.82) is 0 Å². The molecule has 0 radical (unpaired) electrons. The first-order chi connectivity index (χ1) is 12.2. The van der Waals surface area contributed by atoms with Crippen molar-refractivity contribution in [3.8, 4) is 0 Å². The summed E-state index contributed by atoms with van der Waals surface area (Å²) in [5, 5.41) is 0. The Bertz CT molecular complexity index is 681. The van der Waals surface area contributed by atoms with E-state index in [0.717, 1.165) is 45.6 Å². The van der Waals surface area contributed by atoms with Crippen molar-refractivity contribution in [2.45, 2.75) is 32.2 Å². The lowest BCUT2D eigenvalue weighted by molar-refractivity contribution is 0.0282. The summed E-state index contributed by atoms with van der Waals surface area (Å²) < 4.78 is 4.93. The van der Waals surface area contributed by atoms with Crippen molar-refractivity contribution in [2.24, 2.45) is 5.41 Å². The summed E-state index contributed by atoms with van der Waals surface area (Å²) in [5.41, 5.74) is 2.24. The maximum atomic E-state index is 12.4. The third-order valence-electron chi connectivity index (χ3n) is 5.93. The summed E-state index contributed by atoms with van der Waals surface area (Å²) in [6, 6.07) is 10.7. The van der Waals surface area contributed by atoms with Crippen molar-refractivity contribution >= 4 is 5.91 Å². The molecule has 3 heterocycles. The van der Waals surface area contributed by atoms with Gasteiger partial charge in [-0.25, -0.2) is 4.98 Å². The molecule has 2 saturated heterocycles. The van der Waals surface area contributed by atoms with Crippen LogP contribution in [0.15, 0.2) is 47.4 Å². The number of aromatic nitrogens is 1. The predicted molar refractivity (Wildman–Crippen MR) is 95.0 cm³/mol. The standard InChI is InChI=1S/C20H25N3O2/c24-19(18-15-25-16-21-18)23-12-8-20(9-13-23)6-10-22(11-7-20)14-17-4-2-1-3-5-17/h1-5,15-16H,6-14H2. The highest BCUT2D eigenvalue weighted by Gasteiger charge is 2.38. The van der Waals surface area contributed by atoms with E-state index < -0.39 is 0 Å². The van der Waals surface area contributed by atoms with E-state index in [1.807, 2.05) is 4.90 Å². The van der Waals surface area contributed by atoms with Crippen molar-refractivity contribution < 1.29 is 9.21 Å². The molecule has 1 amide bonds. The van der Waals surface area contributed by atoms with Gasteiger partial charge in [-0.3, -0.25) is 9.69 Å². The molecular weight excluding hydrogens is 314 g/mol. The fraction of sp³-hybridized carbons (Fsp3) is 0.500. The molecule has 1 aromatic carbocycles. The summed E-state index contributed by atoms with van der Waals surface area (Å²) in [6.45, 7) is 5.04. The number of rotatable bonds is 3. The minimum atomic E-state index is 0.00473. The predicted octanol–water partition coefficient (Wildman–Crippen LogP) is 3.19. The maximum Gasteiger partial charge on any atom is 0.275 e. The van der Waals surface area contributed by atoms with Crippen LogP contribution in [0.5, 0.6) is 0 Å². The number of oxazole rings is 1. The largest absolute Gasteiger partial charge is 0.451 e. The number of nitrogens with zero attached hydrogens (tertiary/aromatic N) is 3. The van der Waals surface area contributed by atoms with E-state index in [2.05, 4.69) is 40.2 Å². The lowest BCUT2D eigenvalue weighted by atomic mass is 9.71. The van der Waals surface area contributed by atoms with Gasteiger partial charge in [0.05, 0.1) is 0 Å². The van der Waals surface area contributed by atoms with Crippen LogP contribution in [0.25, 0.3) is 0 Å². The quantitative estimate of drug-likeness (QED) is 0.862. The second-order valence-electron chi connectivity index (χ2n) is 7.43. The molecule has 0 aliphatic carbocycles. The molecule has 2 aromatic rings. The Morgan fingerprint density at radius 2 is 1.72 bits per heavy atom. The average molecular weight is 339 g/mol. The molecule has 1 spiro atoms. The second kappa shape index (κ2) is 7.00. The third-order valence-corrected chi connectivity index (χ3v) is 5.93. The Kier molecular flexibility index (Phi) is 4.57. The van der Waals surface area contributed by atoms with Crippen LogP contribution in [-0.4, -0.2) is 46.9 Å². The van der Waals surface area contributed by atoms with Crippen LogP contribution in [0.2, 0.25) is 0 Å². The molecule has 1 aromatic heterocycles. The summed E-state index contributed by atoms with van der Waals surface area (Å²) in [6.07, 6.45) is 7.46. The summed E-state index contributed by atoms with van der Waals surface area (Å²) in [7, 11) is 0. The van der Waals surface area contributed by atoms with Crippen LogP contribution < -0.4 is 0 Å². The average Bonchev–Trinajstić information content (AvgIpc) is 3.20. The van der Waals surface area contributed by atoms with E-state index in [1.54, 1.807) is 0 Å². The van der Waals surface area contributed by atoms with Crippen molar-refractivity contribution in [1.82, 2.24) is 14.8 Å². The molecule has 5 heteroatoms. The summed E-state index contributed by atoms with van der Waals surface area (Å²) in [4.78, 5) is 20.9. The molecule has 132 valence electrons. The first kappa shape index (κ1) is 16.3. The molecule has 0 N–H and O–H groups in total. The number of likely N-dealkylation sites (tertiary alicyclic amines) is 2. The van der Waals surface area contributed by atoms with Gasteiger partial charge in [0.2, 0.25) is 0 Å². The van der Waals surface area contributed by atoms with Crippen LogP contribution in [0.1, 0.15) is 41.7 Å². The van der Waals surface area contributed by atoms with E-state index >= 15 is 0 Å². The third kappa shape index (κ3) is 3.61. The number of piperidine rings is 2. The molecule has 25 heavy (non-hydrogen) atoms. The van der Waals surface area contributed by atoms with Crippen molar-refractivity contribution in [3.63, 3.8) is 0 Å². The van der Waals surface area contributed by atoms with E-state index in [4.69, 9.17) is 4.42 Å². The zero-order valence-corrected chi connectivity index (χ0v) is 14.6. The van der Waals surface area contributed by atoms with Crippen molar-refractivity contribution in [3.05, 3.63) is 54.2 Å². The number of carbonyl (C=O) groups excluding carboxylic acids is 1. The summed E-state index contributed by atoms with van der Waals surface area (Å²) >= 11 is 0. The molecule has 4 rings (SSSR count). The lowest BCUT2D eigenvalue weighted by Crippen LogP contribution is -2.48. The molecule has 2 aliphatic rings. The molecule has 0 bridgehead atoms. The number of carbonyl (C=O) groups is 1. The van der Waals surface area contributed by atoms with Crippen LogP contribution >= 0.6 is 0 Å². The molecular formula is C20H25N3O2. The van der Waals surface area contributed by atoms with E-state index in [9.17, 15) is 4.79 Å². The second-order valence-corrected chi connectivity index (χ2v) is 7.43. The lowest BCUT2D eigenvalue weighted by Gasteiger charge is -2.46. The number of hydrogen-bond acceptors (Lipinski definition) is 4. The van der Waals surface area contributed by atoms with E-state index in [1.165, 1.54) is 31.1 Å². The number of hydrogen-bond donors (Lipinski definition) is 0. The van der Waals surface area contributed by atoms with Gasteiger partial charge in [0.15, 0.2) is 12.1 Å². The van der Waals surface area contributed by atoms with E-state index in [0.29, 0.717) is 11.1 Å². The molecule has 2 aliphatic heterocycles. The van der Waals surface area contributed by atoms with Gasteiger partial charge in [-0.05, 0) is 49.8 Å². The number of amides is 1. The highest BCUT2D eigenvalue weighted by Crippen LogP contribution is 2.41. The summed E-state index contributed by atoms with van der Waals surface area (Å²) in [5.74, 6) is 0.00473. The smallest absolute Gasteiger partial charge is 0.275 e. The molecule has 2 fully saturated rings. The SMILES string of the molecule is O=C(c1cocn1)N1CCC2(CCN(Cc3ccccc3)CC2)CC1. The Labute approximate surface area is 148 Å². The van der Waals surface area contributed by atoms with Crippen LogP contribution in [0.3, 0.4) is 0 Å². The van der Waals surface area contributed by atoms with Gasteiger partial charge in [-0.2, -0.15) is 0 Å². The van der Waals surface area contributed by atoms with Crippen molar-refractivity contribution in [2.75, 3.05) is 26.2 Å². The monoisotopic (exact) mass is 339 g/mol.